The first-order valence-corrected chi connectivity index (χ1v) is 9.38. The summed E-state index contributed by atoms with van der Waals surface area (Å²) < 4.78 is 0. The van der Waals surface area contributed by atoms with Gasteiger partial charge in [-0.05, 0) is 24.3 Å². The van der Waals surface area contributed by atoms with E-state index in [2.05, 4.69) is 37.4 Å². The third-order valence-corrected chi connectivity index (χ3v) is 5.06. The highest BCUT2D eigenvalue weighted by atomic mass is 32.2. The zero-order valence-electron chi connectivity index (χ0n) is 11.3. The van der Waals surface area contributed by atoms with Gasteiger partial charge in [-0.15, -0.1) is 0 Å². The van der Waals surface area contributed by atoms with E-state index in [1.54, 1.807) is 0 Å². The summed E-state index contributed by atoms with van der Waals surface area (Å²) >= 11 is 4.30. The molecule has 0 radical (unpaired) electrons. The maximum atomic E-state index is 2.28. The van der Waals surface area contributed by atoms with E-state index in [-0.39, 0.29) is 0 Å². The highest BCUT2D eigenvalue weighted by Crippen LogP contribution is 2.12. The number of hydrogen-bond acceptors (Lipinski definition) is 2. The summed E-state index contributed by atoms with van der Waals surface area (Å²) in [6.07, 6.45) is 11.3. The van der Waals surface area contributed by atoms with Gasteiger partial charge in [0, 0.05) is 11.5 Å². The van der Waals surface area contributed by atoms with Crippen molar-refractivity contribution < 1.29 is 0 Å². The average Bonchev–Trinajstić information content (AvgIpc) is 2.31. The number of hydrogen-bond donors (Lipinski definition) is 0. The van der Waals surface area contributed by atoms with Crippen LogP contribution < -0.4 is 0 Å². The maximum absolute atomic E-state index is 2.28. The van der Waals surface area contributed by atoms with E-state index >= 15 is 0 Å². The molecule has 0 rings (SSSR count). The molecule has 0 aliphatic heterocycles. The molecule has 2 heteroatoms. The van der Waals surface area contributed by atoms with Crippen LogP contribution in [0.2, 0.25) is 0 Å². The zero-order valence-corrected chi connectivity index (χ0v) is 12.9. The standard InChI is InChI=1S/C14H30S2/c1-3-5-7-9-11-15-13-14-16-12-10-8-6-4-2/h3-14H2,1-2H3. The second-order valence-corrected chi connectivity index (χ2v) is 6.80. The van der Waals surface area contributed by atoms with E-state index < -0.39 is 0 Å². The highest BCUT2D eigenvalue weighted by Gasteiger charge is 1.92. The van der Waals surface area contributed by atoms with Crippen molar-refractivity contribution in [1.29, 1.82) is 0 Å². The van der Waals surface area contributed by atoms with E-state index in [0.717, 1.165) is 0 Å². The molecule has 0 atom stereocenters. The molecule has 0 saturated carbocycles. The van der Waals surface area contributed by atoms with E-state index in [0.29, 0.717) is 0 Å². The fourth-order valence-electron chi connectivity index (χ4n) is 1.58. The Morgan fingerprint density at radius 3 is 1.31 bits per heavy atom. The van der Waals surface area contributed by atoms with E-state index in [4.69, 9.17) is 0 Å². The normalized spacial score (nSPS) is 10.9. The van der Waals surface area contributed by atoms with Crippen molar-refractivity contribution in [3.8, 4) is 0 Å². The lowest BCUT2D eigenvalue weighted by atomic mass is 10.2. The summed E-state index contributed by atoms with van der Waals surface area (Å²) in [6, 6.07) is 0. The Labute approximate surface area is 112 Å². The molecule has 0 fully saturated rings. The second kappa shape index (κ2) is 15.7. The Hall–Kier alpha value is 0.700. The minimum Gasteiger partial charge on any atom is -0.161 e. The summed E-state index contributed by atoms with van der Waals surface area (Å²) in [5.41, 5.74) is 0. The molecule has 0 amide bonds. The van der Waals surface area contributed by atoms with Crippen molar-refractivity contribution in [3.05, 3.63) is 0 Å². The molecule has 0 bridgehead atoms. The molecule has 0 nitrogen and oxygen atoms in total. The Balaban J connectivity index is 2.83. The quantitative estimate of drug-likeness (QED) is 0.395. The van der Waals surface area contributed by atoms with Gasteiger partial charge in [-0.3, -0.25) is 0 Å². The van der Waals surface area contributed by atoms with Crippen LogP contribution in [0.4, 0.5) is 0 Å². The van der Waals surface area contributed by atoms with Gasteiger partial charge in [0.05, 0.1) is 0 Å². The molecule has 16 heavy (non-hydrogen) atoms. The average molecular weight is 263 g/mol. The molecule has 0 aromatic rings. The monoisotopic (exact) mass is 262 g/mol. The molecule has 0 spiro atoms. The predicted octanol–water partition coefficient (Wildman–Crippen LogP) is 5.61. The maximum Gasteiger partial charge on any atom is 0.00235 e. The number of unbranched alkanes of at least 4 members (excludes halogenated alkanes) is 6. The molecule has 0 aliphatic rings. The third kappa shape index (κ3) is 14.7. The van der Waals surface area contributed by atoms with Crippen LogP contribution in [0.15, 0.2) is 0 Å². The fourth-order valence-corrected chi connectivity index (χ4v) is 3.75. The molecule has 0 unspecified atom stereocenters. The van der Waals surface area contributed by atoms with Gasteiger partial charge in [0.25, 0.3) is 0 Å². The Kier molecular flexibility index (Phi) is 16.4. The molecular formula is C14H30S2. The van der Waals surface area contributed by atoms with Crippen molar-refractivity contribution in [2.24, 2.45) is 0 Å². The topological polar surface area (TPSA) is 0 Å². The van der Waals surface area contributed by atoms with Crippen molar-refractivity contribution in [1.82, 2.24) is 0 Å². The predicted molar refractivity (Wildman–Crippen MR) is 82.9 cm³/mol. The van der Waals surface area contributed by atoms with Crippen molar-refractivity contribution >= 4 is 23.5 Å². The molecule has 0 aliphatic carbocycles. The Morgan fingerprint density at radius 1 is 0.500 bits per heavy atom. The van der Waals surface area contributed by atoms with E-state index in [9.17, 15) is 0 Å². The van der Waals surface area contributed by atoms with Gasteiger partial charge in [0.15, 0.2) is 0 Å². The number of thioether (sulfide) groups is 2. The van der Waals surface area contributed by atoms with Gasteiger partial charge < -0.3 is 0 Å². The highest BCUT2D eigenvalue weighted by molar-refractivity contribution is 8.02. The lowest BCUT2D eigenvalue weighted by Crippen LogP contribution is -1.89. The second-order valence-electron chi connectivity index (χ2n) is 4.35. The van der Waals surface area contributed by atoms with Crippen molar-refractivity contribution in [2.75, 3.05) is 23.0 Å². The lowest BCUT2D eigenvalue weighted by Gasteiger charge is -2.02. The van der Waals surface area contributed by atoms with Gasteiger partial charge in [0.2, 0.25) is 0 Å². The molecule has 0 aromatic heterocycles. The molecule has 98 valence electrons. The smallest absolute Gasteiger partial charge is 0.00235 e. The first-order chi connectivity index (χ1) is 7.91. The van der Waals surface area contributed by atoms with Gasteiger partial charge >= 0.3 is 0 Å². The molecule has 0 heterocycles. The summed E-state index contributed by atoms with van der Waals surface area (Å²) in [5, 5.41) is 0. The van der Waals surface area contributed by atoms with Crippen molar-refractivity contribution in [2.45, 2.75) is 65.2 Å². The first-order valence-electron chi connectivity index (χ1n) is 7.07. The fraction of sp³-hybridized carbons (Fsp3) is 1.00. The van der Waals surface area contributed by atoms with Gasteiger partial charge in [0.1, 0.15) is 0 Å². The SMILES string of the molecule is CCCCCCSCCSCCCCCC. The molecule has 0 aromatic carbocycles. The molecule has 0 N–H and O–H groups in total. The summed E-state index contributed by atoms with van der Waals surface area (Å²) in [4.78, 5) is 0. The van der Waals surface area contributed by atoms with Crippen LogP contribution in [-0.4, -0.2) is 23.0 Å². The van der Waals surface area contributed by atoms with Gasteiger partial charge in [-0.25, -0.2) is 0 Å². The Morgan fingerprint density at radius 2 is 0.938 bits per heavy atom. The van der Waals surface area contributed by atoms with E-state index in [1.807, 2.05) is 0 Å². The van der Waals surface area contributed by atoms with Gasteiger partial charge in [-0.2, -0.15) is 23.5 Å². The lowest BCUT2D eigenvalue weighted by molar-refractivity contribution is 0.706. The molecule has 0 saturated heterocycles. The minimum atomic E-state index is 1.36. The van der Waals surface area contributed by atoms with Crippen LogP contribution in [0.25, 0.3) is 0 Å². The first kappa shape index (κ1) is 16.7. The van der Waals surface area contributed by atoms with Crippen LogP contribution in [0.5, 0.6) is 0 Å². The van der Waals surface area contributed by atoms with Gasteiger partial charge in [-0.1, -0.05) is 52.4 Å². The third-order valence-electron chi connectivity index (χ3n) is 2.66. The molecular weight excluding hydrogens is 232 g/mol. The van der Waals surface area contributed by atoms with Crippen LogP contribution in [0, 0.1) is 0 Å². The van der Waals surface area contributed by atoms with Crippen LogP contribution in [0.3, 0.4) is 0 Å². The summed E-state index contributed by atoms with van der Waals surface area (Å²) in [5.74, 6) is 5.50. The zero-order chi connectivity index (χ0) is 11.9. The van der Waals surface area contributed by atoms with Crippen molar-refractivity contribution in [3.63, 3.8) is 0 Å². The summed E-state index contributed by atoms with van der Waals surface area (Å²) in [6.45, 7) is 4.56. The van der Waals surface area contributed by atoms with Crippen LogP contribution in [0.1, 0.15) is 65.2 Å². The summed E-state index contributed by atoms with van der Waals surface area (Å²) in [7, 11) is 0. The van der Waals surface area contributed by atoms with Crippen LogP contribution in [-0.2, 0) is 0 Å². The number of rotatable bonds is 13. The van der Waals surface area contributed by atoms with E-state index in [1.165, 1.54) is 74.4 Å². The largest absolute Gasteiger partial charge is 0.161 e. The minimum absolute atomic E-state index is 1.36. The Bertz CT molecular complexity index is 101. The van der Waals surface area contributed by atoms with Crippen LogP contribution >= 0.6 is 23.5 Å².